The van der Waals surface area contributed by atoms with Crippen LogP contribution in [0.5, 0.6) is 0 Å². The fraction of sp³-hybridized carbons (Fsp3) is 0.727. The minimum Gasteiger partial charge on any atom is -0.481 e. The molecular weight excluding hydrogens is 196 g/mol. The smallest absolute Gasteiger partial charge is 0.315 e. The first-order valence-electron chi connectivity index (χ1n) is 5.12. The zero-order valence-corrected chi connectivity index (χ0v) is 8.87. The molecule has 0 saturated heterocycles. The molecule has 0 aromatic heterocycles. The Bertz CT molecular complexity index is 369. The first-order chi connectivity index (χ1) is 6.81. The van der Waals surface area contributed by atoms with Crippen molar-refractivity contribution in [2.45, 2.75) is 33.1 Å². The van der Waals surface area contributed by atoms with E-state index in [1.165, 1.54) is 0 Å². The van der Waals surface area contributed by atoms with Crippen molar-refractivity contribution in [2.75, 3.05) is 0 Å². The predicted octanol–water partition coefficient (Wildman–Crippen LogP) is 1.04. The zero-order chi connectivity index (χ0) is 11.4. The molecule has 0 aromatic rings. The van der Waals surface area contributed by atoms with Crippen molar-refractivity contribution in [3.63, 3.8) is 0 Å². The van der Waals surface area contributed by atoms with Crippen LogP contribution in [0.4, 0.5) is 0 Å². The second kappa shape index (κ2) is 2.68. The molecule has 82 valence electrons. The third kappa shape index (κ3) is 1.24. The summed E-state index contributed by atoms with van der Waals surface area (Å²) in [4.78, 5) is 33.9. The molecule has 0 amide bonds. The summed E-state index contributed by atoms with van der Waals surface area (Å²) >= 11 is 0. The Morgan fingerprint density at radius 3 is 2.40 bits per heavy atom. The van der Waals surface area contributed by atoms with E-state index < -0.39 is 22.7 Å². The molecule has 0 heterocycles. The summed E-state index contributed by atoms with van der Waals surface area (Å²) in [5.74, 6) is -1.94. The number of carboxylic acid groups (broad SMARTS) is 1. The van der Waals surface area contributed by atoms with E-state index in [4.69, 9.17) is 5.11 Å². The Kier molecular flexibility index (Phi) is 1.85. The van der Waals surface area contributed by atoms with E-state index in [0.717, 1.165) is 0 Å². The lowest BCUT2D eigenvalue weighted by Gasteiger charge is -2.33. The summed E-state index contributed by atoms with van der Waals surface area (Å²) in [6.07, 6.45) is 1.15. The second-order valence-electron chi connectivity index (χ2n) is 5.28. The number of aliphatic carboxylic acids is 1. The number of carboxylic acids is 1. The summed E-state index contributed by atoms with van der Waals surface area (Å²) in [7, 11) is 0. The summed E-state index contributed by atoms with van der Waals surface area (Å²) in [5, 5.41) is 8.87. The van der Waals surface area contributed by atoms with Crippen molar-refractivity contribution in [2.24, 2.45) is 16.7 Å². The fourth-order valence-electron chi connectivity index (χ4n) is 2.84. The quantitative estimate of drug-likeness (QED) is 0.656. The van der Waals surface area contributed by atoms with Crippen LogP contribution < -0.4 is 0 Å². The van der Waals surface area contributed by atoms with Crippen molar-refractivity contribution in [1.82, 2.24) is 0 Å². The SMILES string of the molecule is CC1(C)CC2(CCC1=O)C(=O)C2C(=O)O. The highest BCUT2D eigenvalue weighted by molar-refractivity contribution is 6.18. The number of hydrogen-bond donors (Lipinski definition) is 1. The molecule has 2 aliphatic rings. The fourth-order valence-corrected chi connectivity index (χ4v) is 2.84. The van der Waals surface area contributed by atoms with E-state index in [1.54, 1.807) is 13.8 Å². The third-order valence-corrected chi connectivity index (χ3v) is 3.78. The van der Waals surface area contributed by atoms with Gasteiger partial charge in [0.25, 0.3) is 0 Å². The van der Waals surface area contributed by atoms with Gasteiger partial charge in [0.05, 0.1) is 5.41 Å². The Balaban J connectivity index is 2.25. The van der Waals surface area contributed by atoms with Gasteiger partial charge in [-0.2, -0.15) is 0 Å². The molecule has 0 radical (unpaired) electrons. The number of carbonyl (C=O) groups excluding carboxylic acids is 2. The number of ketones is 2. The highest BCUT2D eigenvalue weighted by Gasteiger charge is 2.71. The molecule has 0 aliphatic heterocycles. The van der Waals surface area contributed by atoms with E-state index in [9.17, 15) is 14.4 Å². The topological polar surface area (TPSA) is 71.4 Å². The average Bonchev–Trinajstić information content (AvgIpc) is 2.64. The van der Waals surface area contributed by atoms with E-state index in [0.29, 0.717) is 19.3 Å². The molecule has 2 rings (SSSR count). The van der Waals surface area contributed by atoms with Gasteiger partial charge in [-0.3, -0.25) is 14.4 Å². The van der Waals surface area contributed by atoms with Crippen molar-refractivity contribution >= 4 is 17.5 Å². The molecule has 2 unspecified atom stereocenters. The van der Waals surface area contributed by atoms with Crippen LogP contribution in [0.3, 0.4) is 0 Å². The van der Waals surface area contributed by atoms with Crippen LogP contribution in [0.1, 0.15) is 33.1 Å². The Hall–Kier alpha value is -1.19. The molecule has 1 spiro atoms. The summed E-state index contributed by atoms with van der Waals surface area (Å²) in [5.41, 5.74) is -1.26. The van der Waals surface area contributed by atoms with Gasteiger partial charge >= 0.3 is 5.97 Å². The standard InChI is InChI=1S/C11H14O4/c1-10(2)5-11(4-3-6(10)12)7(8(11)13)9(14)15/h7H,3-5H2,1-2H3,(H,14,15). The summed E-state index contributed by atoms with van der Waals surface area (Å²) in [6, 6.07) is 0. The maximum absolute atomic E-state index is 11.6. The van der Waals surface area contributed by atoms with Gasteiger partial charge in [0.15, 0.2) is 5.78 Å². The van der Waals surface area contributed by atoms with Gasteiger partial charge in [-0.25, -0.2) is 0 Å². The van der Waals surface area contributed by atoms with Gasteiger partial charge in [0.2, 0.25) is 0 Å². The van der Waals surface area contributed by atoms with Crippen LogP contribution in [0, 0.1) is 16.7 Å². The molecule has 2 atom stereocenters. The van der Waals surface area contributed by atoms with Crippen LogP contribution in [0.15, 0.2) is 0 Å². The maximum atomic E-state index is 11.6. The molecular formula is C11H14O4. The van der Waals surface area contributed by atoms with Crippen molar-refractivity contribution in [3.8, 4) is 0 Å². The van der Waals surface area contributed by atoms with Gasteiger partial charge in [-0.15, -0.1) is 0 Å². The lowest BCUT2D eigenvalue weighted by atomic mass is 9.68. The highest BCUT2D eigenvalue weighted by atomic mass is 16.4. The van der Waals surface area contributed by atoms with E-state index in [-0.39, 0.29) is 11.6 Å². The second-order valence-corrected chi connectivity index (χ2v) is 5.28. The first-order valence-corrected chi connectivity index (χ1v) is 5.12. The van der Waals surface area contributed by atoms with Crippen LogP contribution in [-0.4, -0.2) is 22.6 Å². The molecule has 4 heteroatoms. The van der Waals surface area contributed by atoms with Crippen LogP contribution in [-0.2, 0) is 14.4 Å². The maximum Gasteiger partial charge on any atom is 0.315 e. The number of rotatable bonds is 1. The largest absolute Gasteiger partial charge is 0.481 e. The minimum absolute atomic E-state index is 0.136. The molecule has 0 bridgehead atoms. The minimum atomic E-state index is -1.04. The highest BCUT2D eigenvalue weighted by Crippen LogP contribution is 2.60. The molecule has 0 aromatic carbocycles. The summed E-state index contributed by atoms with van der Waals surface area (Å²) < 4.78 is 0. The van der Waals surface area contributed by atoms with Crippen molar-refractivity contribution < 1.29 is 19.5 Å². The lowest BCUT2D eigenvalue weighted by molar-refractivity contribution is -0.141. The lowest BCUT2D eigenvalue weighted by Crippen LogP contribution is -2.35. The van der Waals surface area contributed by atoms with Crippen LogP contribution in [0.25, 0.3) is 0 Å². The van der Waals surface area contributed by atoms with E-state index >= 15 is 0 Å². The van der Waals surface area contributed by atoms with Gasteiger partial charge in [0.1, 0.15) is 11.7 Å². The van der Waals surface area contributed by atoms with E-state index in [2.05, 4.69) is 0 Å². The molecule has 15 heavy (non-hydrogen) atoms. The monoisotopic (exact) mass is 210 g/mol. The average molecular weight is 210 g/mol. The van der Waals surface area contributed by atoms with Crippen molar-refractivity contribution in [3.05, 3.63) is 0 Å². The summed E-state index contributed by atoms with van der Waals surface area (Å²) in [6.45, 7) is 3.58. The zero-order valence-electron chi connectivity index (χ0n) is 8.87. The number of hydrogen-bond acceptors (Lipinski definition) is 3. The van der Waals surface area contributed by atoms with Gasteiger partial charge in [0, 0.05) is 11.8 Å². The Labute approximate surface area is 87.7 Å². The van der Waals surface area contributed by atoms with E-state index in [1.807, 2.05) is 0 Å². The third-order valence-electron chi connectivity index (χ3n) is 3.78. The molecule has 2 aliphatic carbocycles. The van der Waals surface area contributed by atoms with Gasteiger partial charge < -0.3 is 5.11 Å². The molecule has 4 nitrogen and oxygen atoms in total. The molecule has 2 fully saturated rings. The molecule has 1 N–H and O–H groups in total. The van der Waals surface area contributed by atoms with Crippen molar-refractivity contribution in [1.29, 1.82) is 0 Å². The molecule has 2 saturated carbocycles. The Morgan fingerprint density at radius 1 is 1.40 bits per heavy atom. The van der Waals surface area contributed by atoms with Crippen LogP contribution >= 0.6 is 0 Å². The number of carbonyl (C=O) groups is 3. The Morgan fingerprint density at radius 2 is 2.00 bits per heavy atom. The van der Waals surface area contributed by atoms with Gasteiger partial charge in [-0.05, 0) is 12.8 Å². The van der Waals surface area contributed by atoms with Gasteiger partial charge in [-0.1, -0.05) is 13.8 Å². The first kappa shape index (κ1) is 10.3. The van der Waals surface area contributed by atoms with Crippen LogP contribution in [0.2, 0.25) is 0 Å². The normalized spacial score (nSPS) is 38.1. The number of Topliss-reactive ketones (excluding diaryl/α,β-unsaturated/α-hetero) is 2. The predicted molar refractivity (Wildman–Crippen MR) is 51.2 cm³/mol.